The number of aromatic nitrogens is 1. The van der Waals surface area contributed by atoms with Crippen LogP contribution in [-0.2, 0) is 18.3 Å². The predicted octanol–water partition coefficient (Wildman–Crippen LogP) is 9.16. The van der Waals surface area contributed by atoms with Gasteiger partial charge in [-0.1, -0.05) is 97.1 Å². The summed E-state index contributed by atoms with van der Waals surface area (Å²) in [5.41, 5.74) is 17.2. The number of benzene rings is 6. The van der Waals surface area contributed by atoms with Crippen LogP contribution in [0.2, 0.25) is 0 Å². The van der Waals surface area contributed by atoms with Crippen molar-refractivity contribution in [3.63, 3.8) is 0 Å². The maximum atomic E-state index is 2.58. The standard InChI is InChI=1S/C43H31N3/c1-44-21-22-45-39-20-10-17-36(33(39)26-42(44)45)43(34-15-6-3-12-29(34)30-13-4-7-16-35(30)43)37-25-32-31-14-5-9-19-40(31)46-38-18-8-2-11-27(38)23-28(37)24-41(32)46/h2-22,24-25,42H,23,26H2,1H3. The number of nitrogens with zero attached hydrogens (tertiary/aromatic N) is 3. The van der Waals surface area contributed by atoms with E-state index in [0.29, 0.717) is 6.17 Å². The van der Waals surface area contributed by atoms with Gasteiger partial charge in [0.15, 0.2) is 0 Å². The highest BCUT2D eigenvalue weighted by atomic mass is 15.4. The Bertz CT molecular complexity index is 2430. The van der Waals surface area contributed by atoms with Crippen LogP contribution >= 0.6 is 0 Å². The predicted molar refractivity (Wildman–Crippen MR) is 188 cm³/mol. The van der Waals surface area contributed by atoms with Gasteiger partial charge in [0, 0.05) is 48.0 Å². The fourth-order valence-corrected chi connectivity index (χ4v) is 9.48. The average Bonchev–Trinajstić information content (AvgIpc) is 3.81. The minimum Gasteiger partial charge on any atom is -0.358 e. The summed E-state index contributed by atoms with van der Waals surface area (Å²) in [6.45, 7) is 0. The molecule has 3 nitrogen and oxygen atoms in total. The van der Waals surface area contributed by atoms with Crippen LogP contribution < -0.4 is 4.90 Å². The molecule has 0 amide bonds. The molecule has 7 aromatic rings. The van der Waals surface area contributed by atoms with Crippen molar-refractivity contribution in [3.05, 3.63) is 179 Å². The molecule has 0 saturated heterocycles. The van der Waals surface area contributed by atoms with Gasteiger partial charge in [-0.2, -0.15) is 0 Å². The van der Waals surface area contributed by atoms with Crippen molar-refractivity contribution >= 4 is 27.5 Å². The van der Waals surface area contributed by atoms with Crippen molar-refractivity contribution in [2.24, 2.45) is 0 Å². The van der Waals surface area contributed by atoms with Gasteiger partial charge in [-0.05, 0) is 86.8 Å². The van der Waals surface area contributed by atoms with E-state index in [1.54, 1.807) is 0 Å². The van der Waals surface area contributed by atoms with Gasteiger partial charge in [0.2, 0.25) is 0 Å². The largest absolute Gasteiger partial charge is 0.358 e. The van der Waals surface area contributed by atoms with Crippen molar-refractivity contribution < 1.29 is 0 Å². The lowest BCUT2D eigenvalue weighted by Gasteiger charge is -2.37. The summed E-state index contributed by atoms with van der Waals surface area (Å²) in [7, 11) is 2.21. The highest BCUT2D eigenvalue weighted by molar-refractivity contribution is 6.10. The van der Waals surface area contributed by atoms with E-state index in [2.05, 4.69) is 161 Å². The van der Waals surface area contributed by atoms with Gasteiger partial charge in [-0.25, -0.2) is 0 Å². The molecule has 1 unspecified atom stereocenters. The van der Waals surface area contributed by atoms with E-state index in [0.717, 1.165) is 12.8 Å². The molecule has 11 rings (SSSR count). The Hall–Kier alpha value is -5.54. The molecule has 0 saturated carbocycles. The molecule has 6 aromatic carbocycles. The smallest absolute Gasteiger partial charge is 0.109 e. The molecule has 0 N–H and O–H groups in total. The number of fused-ring (bicyclic) bond motifs is 12. The molecule has 0 radical (unpaired) electrons. The van der Waals surface area contributed by atoms with Crippen LogP contribution in [0.15, 0.2) is 140 Å². The Morgan fingerprint density at radius 2 is 1.26 bits per heavy atom. The quantitative estimate of drug-likeness (QED) is 0.199. The van der Waals surface area contributed by atoms with Crippen LogP contribution in [-0.4, -0.2) is 22.7 Å². The number of hydrogen-bond acceptors (Lipinski definition) is 2. The Balaban J connectivity index is 1.33. The molecule has 3 aliphatic heterocycles. The number of rotatable bonds is 2. The van der Waals surface area contributed by atoms with Gasteiger partial charge in [-0.3, -0.25) is 0 Å². The van der Waals surface area contributed by atoms with Crippen LogP contribution in [0.1, 0.15) is 38.9 Å². The van der Waals surface area contributed by atoms with Crippen LogP contribution in [0.25, 0.3) is 38.6 Å². The molecule has 1 atom stereocenters. The SMILES string of the molecule is CN1C=CN2c3cccc(C4(c5cc6c7ccccc7n7c6cc5Cc5ccccc5-7)c5ccccc5-c5ccccc54)c3CC12. The Kier molecular flexibility index (Phi) is 4.62. The summed E-state index contributed by atoms with van der Waals surface area (Å²) in [5, 5.41) is 2.63. The fraction of sp³-hybridized carbons (Fsp3) is 0.116. The zero-order chi connectivity index (χ0) is 30.1. The number of hydrogen-bond donors (Lipinski definition) is 0. The third-order valence-corrected chi connectivity index (χ3v) is 11.3. The molecule has 4 aliphatic rings. The lowest BCUT2D eigenvalue weighted by Crippen LogP contribution is -2.34. The first-order chi connectivity index (χ1) is 22.7. The van der Waals surface area contributed by atoms with Crippen molar-refractivity contribution in [2.45, 2.75) is 24.4 Å². The molecule has 1 aromatic heterocycles. The third kappa shape index (κ3) is 2.86. The maximum Gasteiger partial charge on any atom is 0.109 e. The van der Waals surface area contributed by atoms with Crippen molar-refractivity contribution in [2.75, 3.05) is 11.9 Å². The van der Waals surface area contributed by atoms with E-state index in [4.69, 9.17) is 0 Å². The van der Waals surface area contributed by atoms with E-state index >= 15 is 0 Å². The lowest BCUT2D eigenvalue weighted by atomic mass is 9.64. The molecular formula is C43H31N3. The normalized spacial score (nSPS) is 17.7. The molecule has 218 valence electrons. The highest BCUT2D eigenvalue weighted by Crippen LogP contribution is 2.60. The lowest BCUT2D eigenvalue weighted by molar-refractivity contribution is 0.368. The zero-order valence-electron chi connectivity index (χ0n) is 25.6. The van der Waals surface area contributed by atoms with Crippen molar-refractivity contribution in [3.8, 4) is 16.8 Å². The maximum absolute atomic E-state index is 2.58. The first-order valence-electron chi connectivity index (χ1n) is 16.4. The van der Waals surface area contributed by atoms with E-state index in [-0.39, 0.29) is 0 Å². The summed E-state index contributed by atoms with van der Waals surface area (Å²) in [4.78, 5) is 4.83. The topological polar surface area (TPSA) is 11.4 Å². The monoisotopic (exact) mass is 589 g/mol. The van der Waals surface area contributed by atoms with E-state index in [1.165, 1.54) is 83.3 Å². The Morgan fingerprint density at radius 3 is 2.11 bits per heavy atom. The molecule has 46 heavy (non-hydrogen) atoms. The van der Waals surface area contributed by atoms with E-state index in [1.807, 2.05) is 0 Å². The third-order valence-electron chi connectivity index (χ3n) is 11.3. The number of anilines is 1. The summed E-state index contributed by atoms with van der Waals surface area (Å²) in [6.07, 6.45) is 6.66. The fourth-order valence-electron chi connectivity index (χ4n) is 9.48. The van der Waals surface area contributed by atoms with Gasteiger partial charge in [0.1, 0.15) is 6.17 Å². The minimum absolute atomic E-state index is 0.314. The van der Waals surface area contributed by atoms with Gasteiger partial charge >= 0.3 is 0 Å². The van der Waals surface area contributed by atoms with Crippen molar-refractivity contribution in [1.29, 1.82) is 0 Å². The van der Waals surface area contributed by atoms with Crippen LogP contribution in [0, 0.1) is 0 Å². The summed E-state index contributed by atoms with van der Waals surface area (Å²) < 4.78 is 2.50. The average molecular weight is 590 g/mol. The summed E-state index contributed by atoms with van der Waals surface area (Å²) in [5.74, 6) is 0. The molecule has 2 bridgehead atoms. The van der Waals surface area contributed by atoms with E-state index < -0.39 is 5.41 Å². The first kappa shape index (κ1) is 24.7. The van der Waals surface area contributed by atoms with Crippen LogP contribution in [0.4, 0.5) is 5.69 Å². The van der Waals surface area contributed by atoms with Gasteiger partial charge in [-0.15, -0.1) is 0 Å². The molecular weight excluding hydrogens is 558 g/mol. The summed E-state index contributed by atoms with van der Waals surface area (Å²) in [6, 6.07) is 48.5. The second-order valence-electron chi connectivity index (χ2n) is 13.4. The minimum atomic E-state index is -0.466. The summed E-state index contributed by atoms with van der Waals surface area (Å²) >= 11 is 0. The Labute approximate surface area is 268 Å². The second kappa shape index (κ2) is 8.58. The van der Waals surface area contributed by atoms with Gasteiger partial charge in [0.05, 0.1) is 16.4 Å². The van der Waals surface area contributed by atoms with Crippen LogP contribution in [0.3, 0.4) is 0 Å². The van der Waals surface area contributed by atoms with Gasteiger partial charge < -0.3 is 14.4 Å². The molecule has 1 aliphatic carbocycles. The van der Waals surface area contributed by atoms with Crippen LogP contribution in [0.5, 0.6) is 0 Å². The molecule has 0 spiro atoms. The molecule has 4 heterocycles. The van der Waals surface area contributed by atoms with Gasteiger partial charge in [0.25, 0.3) is 0 Å². The van der Waals surface area contributed by atoms with E-state index in [9.17, 15) is 0 Å². The first-order valence-corrected chi connectivity index (χ1v) is 16.4. The Morgan fingerprint density at radius 1 is 0.565 bits per heavy atom. The second-order valence-corrected chi connectivity index (χ2v) is 13.4. The van der Waals surface area contributed by atoms with Crippen molar-refractivity contribution in [1.82, 2.24) is 9.47 Å². The number of likely N-dealkylation sites (N-methyl/N-ethyl adjacent to an activating group) is 1. The molecule has 3 heteroatoms. The number of para-hydroxylation sites is 2. The highest BCUT2D eigenvalue weighted by Gasteiger charge is 2.50. The zero-order valence-corrected chi connectivity index (χ0v) is 25.6. The molecule has 0 fully saturated rings.